The van der Waals surface area contributed by atoms with Gasteiger partial charge in [-0.25, -0.2) is 4.79 Å². The van der Waals surface area contributed by atoms with Crippen molar-refractivity contribution in [3.8, 4) is 0 Å². The van der Waals surface area contributed by atoms with Crippen molar-refractivity contribution in [2.75, 3.05) is 6.54 Å². The Morgan fingerprint density at radius 3 is 2.57 bits per heavy atom. The molecule has 2 rings (SSSR count). The first-order valence-electron chi connectivity index (χ1n) is 7.12. The standard InChI is InChI=1S/C17H18INO4/c18-14-8-4-7-13(9-14)16(21)15(20)10-19-17(22)23-11-12-5-2-1-3-6-12/h1-9,15-16,20-21H,10-11H2,(H,19,22). The van der Waals surface area contributed by atoms with Crippen molar-refractivity contribution in [2.24, 2.45) is 0 Å². The van der Waals surface area contributed by atoms with Gasteiger partial charge < -0.3 is 20.3 Å². The number of ether oxygens (including phenoxy) is 1. The Bertz CT molecular complexity index is 636. The van der Waals surface area contributed by atoms with E-state index in [1.54, 1.807) is 18.2 Å². The molecule has 6 heteroatoms. The molecule has 0 radical (unpaired) electrons. The maximum atomic E-state index is 11.6. The monoisotopic (exact) mass is 427 g/mol. The number of nitrogens with one attached hydrogen (secondary N) is 1. The van der Waals surface area contributed by atoms with Crippen LogP contribution in [0.3, 0.4) is 0 Å². The Balaban J connectivity index is 1.77. The molecule has 0 bridgehead atoms. The molecule has 0 fully saturated rings. The fraction of sp³-hybridized carbons (Fsp3) is 0.235. The van der Waals surface area contributed by atoms with Crippen LogP contribution < -0.4 is 5.32 Å². The predicted octanol–water partition coefficient (Wildman–Crippen LogP) is 2.61. The third-order valence-electron chi connectivity index (χ3n) is 3.22. The number of alkyl carbamates (subject to hydrolysis) is 1. The number of aliphatic hydroxyl groups is 2. The van der Waals surface area contributed by atoms with Crippen LogP contribution in [0.2, 0.25) is 0 Å². The van der Waals surface area contributed by atoms with E-state index in [1.165, 1.54) is 0 Å². The topological polar surface area (TPSA) is 78.8 Å². The summed E-state index contributed by atoms with van der Waals surface area (Å²) < 4.78 is 6.00. The van der Waals surface area contributed by atoms with Crippen molar-refractivity contribution in [1.29, 1.82) is 0 Å². The Labute approximate surface area is 148 Å². The van der Waals surface area contributed by atoms with Crippen LogP contribution in [0.4, 0.5) is 4.79 Å². The molecule has 0 aliphatic heterocycles. The lowest BCUT2D eigenvalue weighted by Gasteiger charge is -2.18. The molecule has 0 saturated carbocycles. The van der Waals surface area contributed by atoms with E-state index in [-0.39, 0.29) is 13.2 Å². The number of carbonyl (C=O) groups excluding carboxylic acids is 1. The summed E-state index contributed by atoms with van der Waals surface area (Å²) in [5.41, 5.74) is 1.48. The zero-order valence-electron chi connectivity index (χ0n) is 12.4. The normalized spacial score (nSPS) is 13.2. The van der Waals surface area contributed by atoms with Gasteiger partial charge in [0.2, 0.25) is 0 Å². The van der Waals surface area contributed by atoms with E-state index in [9.17, 15) is 15.0 Å². The summed E-state index contributed by atoms with van der Waals surface area (Å²) in [6, 6.07) is 16.5. The summed E-state index contributed by atoms with van der Waals surface area (Å²) in [4.78, 5) is 11.6. The van der Waals surface area contributed by atoms with E-state index in [1.807, 2.05) is 36.4 Å². The zero-order chi connectivity index (χ0) is 16.7. The van der Waals surface area contributed by atoms with Gasteiger partial charge in [-0.1, -0.05) is 42.5 Å². The summed E-state index contributed by atoms with van der Waals surface area (Å²) in [6.45, 7) is 0.0580. The summed E-state index contributed by atoms with van der Waals surface area (Å²) >= 11 is 2.13. The average Bonchev–Trinajstić information content (AvgIpc) is 2.58. The van der Waals surface area contributed by atoms with Crippen LogP contribution in [-0.2, 0) is 11.3 Å². The second-order valence-corrected chi connectivity index (χ2v) is 6.26. The molecule has 0 aliphatic carbocycles. The van der Waals surface area contributed by atoms with Gasteiger partial charge in [0.15, 0.2) is 0 Å². The smallest absolute Gasteiger partial charge is 0.407 e. The number of hydrogen-bond donors (Lipinski definition) is 3. The highest BCUT2D eigenvalue weighted by Crippen LogP contribution is 2.18. The van der Waals surface area contributed by atoms with Gasteiger partial charge in [-0.05, 0) is 45.9 Å². The third kappa shape index (κ3) is 5.81. The molecule has 0 heterocycles. The second kappa shape index (κ2) is 8.85. The van der Waals surface area contributed by atoms with Crippen LogP contribution in [-0.4, -0.2) is 29.0 Å². The van der Waals surface area contributed by atoms with Crippen LogP contribution in [0.25, 0.3) is 0 Å². The van der Waals surface area contributed by atoms with Crippen LogP contribution in [0, 0.1) is 3.57 Å². The van der Waals surface area contributed by atoms with Gasteiger partial charge in [-0.3, -0.25) is 0 Å². The van der Waals surface area contributed by atoms with Crippen LogP contribution in [0.15, 0.2) is 54.6 Å². The fourth-order valence-corrected chi connectivity index (χ4v) is 2.55. The van der Waals surface area contributed by atoms with E-state index < -0.39 is 18.3 Å². The van der Waals surface area contributed by atoms with Gasteiger partial charge in [-0.2, -0.15) is 0 Å². The molecule has 1 amide bonds. The molecule has 0 aliphatic rings. The summed E-state index contributed by atoms with van der Waals surface area (Å²) in [5.74, 6) is 0. The highest BCUT2D eigenvalue weighted by molar-refractivity contribution is 14.1. The molecule has 23 heavy (non-hydrogen) atoms. The molecule has 2 aromatic carbocycles. The summed E-state index contributed by atoms with van der Waals surface area (Å²) in [7, 11) is 0. The first-order chi connectivity index (χ1) is 11.1. The van der Waals surface area contributed by atoms with Crippen molar-refractivity contribution in [3.05, 3.63) is 69.3 Å². The van der Waals surface area contributed by atoms with Crippen LogP contribution >= 0.6 is 22.6 Å². The number of carbonyl (C=O) groups is 1. The molecular formula is C17H18INO4. The lowest BCUT2D eigenvalue weighted by atomic mass is 10.0. The van der Waals surface area contributed by atoms with Crippen LogP contribution in [0.1, 0.15) is 17.2 Å². The average molecular weight is 427 g/mol. The van der Waals surface area contributed by atoms with E-state index in [0.717, 1.165) is 9.13 Å². The number of rotatable bonds is 6. The molecule has 2 atom stereocenters. The molecule has 2 aromatic rings. The van der Waals surface area contributed by atoms with E-state index >= 15 is 0 Å². The third-order valence-corrected chi connectivity index (χ3v) is 3.89. The number of benzene rings is 2. The van der Waals surface area contributed by atoms with E-state index in [0.29, 0.717) is 5.56 Å². The van der Waals surface area contributed by atoms with Crippen molar-refractivity contribution in [3.63, 3.8) is 0 Å². The molecule has 0 spiro atoms. The zero-order valence-corrected chi connectivity index (χ0v) is 14.5. The van der Waals surface area contributed by atoms with Gasteiger partial charge in [0.05, 0.1) is 0 Å². The van der Waals surface area contributed by atoms with E-state index in [2.05, 4.69) is 27.9 Å². The molecule has 0 aromatic heterocycles. The minimum Gasteiger partial charge on any atom is -0.445 e. The maximum Gasteiger partial charge on any atom is 0.407 e. The second-order valence-electron chi connectivity index (χ2n) is 5.01. The Kier molecular flexibility index (Phi) is 6.82. The quantitative estimate of drug-likeness (QED) is 0.620. The van der Waals surface area contributed by atoms with Gasteiger partial charge in [0.1, 0.15) is 18.8 Å². The number of amides is 1. The van der Waals surface area contributed by atoms with Crippen molar-refractivity contribution in [2.45, 2.75) is 18.8 Å². The maximum absolute atomic E-state index is 11.6. The SMILES string of the molecule is O=C(NCC(O)C(O)c1cccc(I)c1)OCc1ccccc1. The first-order valence-corrected chi connectivity index (χ1v) is 8.20. The van der Waals surface area contributed by atoms with Crippen molar-refractivity contribution in [1.82, 2.24) is 5.32 Å². The first kappa shape index (κ1) is 17.7. The lowest BCUT2D eigenvalue weighted by Crippen LogP contribution is -2.35. The van der Waals surface area contributed by atoms with Gasteiger partial charge in [-0.15, -0.1) is 0 Å². The molecule has 122 valence electrons. The minimum atomic E-state index is -1.11. The Hall–Kier alpha value is -1.64. The van der Waals surface area contributed by atoms with Crippen molar-refractivity contribution < 1.29 is 19.7 Å². The molecular weight excluding hydrogens is 409 g/mol. The Morgan fingerprint density at radius 1 is 1.13 bits per heavy atom. The number of halogens is 1. The molecule has 2 unspecified atom stereocenters. The summed E-state index contributed by atoms with van der Waals surface area (Å²) in [5, 5.41) is 22.5. The largest absolute Gasteiger partial charge is 0.445 e. The highest BCUT2D eigenvalue weighted by Gasteiger charge is 2.19. The molecule has 3 N–H and O–H groups in total. The van der Waals surface area contributed by atoms with Gasteiger partial charge in [0, 0.05) is 10.1 Å². The van der Waals surface area contributed by atoms with Crippen LogP contribution in [0.5, 0.6) is 0 Å². The predicted molar refractivity (Wildman–Crippen MR) is 94.8 cm³/mol. The van der Waals surface area contributed by atoms with Gasteiger partial charge in [0.25, 0.3) is 0 Å². The number of aliphatic hydroxyl groups excluding tert-OH is 2. The van der Waals surface area contributed by atoms with E-state index in [4.69, 9.17) is 4.74 Å². The van der Waals surface area contributed by atoms with Crippen molar-refractivity contribution >= 4 is 28.7 Å². The molecule has 0 saturated heterocycles. The molecule has 5 nitrogen and oxygen atoms in total. The van der Waals surface area contributed by atoms with Gasteiger partial charge >= 0.3 is 6.09 Å². The fourth-order valence-electron chi connectivity index (χ4n) is 1.99. The lowest BCUT2D eigenvalue weighted by molar-refractivity contribution is 0.0184. The highest BCUT2D eigenvalue weighted by atomic mass is 127. The Morgan fingerprint density at radius 2 is 1.87 bits per heavy atom. The number of hydrogen-bond acceptors (Lipinski definition) is 4. The minimum absolute atomic E-state index is 0.0970. The summed E-state index contributed by atoms with van der Waals surface area (Å²) in [6.07, 6.45) is -2.82.